The second-order valence-corrected chi connectivity index (χ2v) is 6.36. The van der Waals surface area contributed by atoms with E-state index < -0.39 is 5.60 Å². The van der Waals surface area contributed by atoms with Crippen LogP contribution >= 0.6 is 0 Å². The zero-order valence-electron chi connectivity index (χ0n) is 13.5. The van der Waals surface area contributed by atoms with E-state index in [0.717, 1.165) is 30.2 Å². The molecule has 1 aromatic rings. The molecule has 1 fully saturated rings. The number of piperazine rings is 1. The molecule has 2 rings (SSSR count). The molecule has 0 aliphatic carbocycles. The zero-order valence-corrected chi connectivity index (χ0v) is 13.5. The SMILES string of the molecule is Cc1ncnc(N2CCN(C(=O)OC(C)(C)C)CC2)c1C. The van der Waals surface area contributed by atoms with E-state index in [1.165, 1.54) is 0 Å². The fourth-order valence-electron chi connectivity index (χ4n) is 2.27. The molecule has 2 heterocycles. The van der Waals surface area contributed by atoms with Crippen molar-refractivity contribution in [2.75, 3.05) is 31.1 Å². The Morgan fingerprint density at radius 2 is 1.76 bits per heavy atom. The Hall–Kier alpha value is -1.85. The Morgan fingerprint density at radius 1 is 1.14 bits per heavy atom. The van der Waals surface area contributed by atoms with E-state index in [1.807, 2.05) is 34.6 Å². The molecule has 0 radical (unpaired) electrons. The Bertz CT molecular complexity index is 517. The maximum atomic E-state index is 12.0. The lowest BCUT2D eigenvalue weighted by Crippen LogP contribution is -2.50. The van der Waals surface area contributed by atoms with Gasteiger partial charge in [-0.25, -0.2) is 14.8 Å². The summed E-state index contributed by atoms with van der Waals surface area (Å²) in [5, 5.41) is 0. The van der Waals surface area contributed by atoms with Crippen molar-refractivity contribution in [1.29, 1.82) is 0 Å². The molecule has 1 amide bonds. The molecule has 0 N–H and O–H groups in total. The Balaban J connectivity index is 1.97. The molecule has 0 atom stereocenters. The number of rotatable bonds is 1. The molecule has 0 unspecified atom stereocenters. The first-order chi connectivity index (χ1) is 9.78. The van der Waals surface area contributed by atoms with Crippen LogP contribution in [0.3, 0.4) is 0 Å². The van der Waals surface area contributed by atoms with Gasteiger partial charge in [0.2, 0.25) is 0 Å². The first kappa shape index (κ1) is 15.5. The maximum absolute atomic E-state index is 12.0. The third kappa shape index (κ3) is 3.83. The Kier molecular flexibility index (Phi) is 4.34. The van der Waals surface area contributed by atoms with Crippen LogP contribution in [0, 0.1) is 13.8 Å². The highest BCUT2D eigenvalue weighted by Gasteiger charge is 2.26. The first-order valence-electron chi connectivity index (χ1n) is 7.29. The molecule has 0 aromatic carbocycles. The van der Waals surface area contributed by atoms with Gasteiger partial charge in [0.1, 0.15) is 17.7 Å². The van der Waals surface area contributed by atoms with Gasteiger partial charge in [0.15, 0.2) is 0 Å². The van der Waals surface area contributed by atoms with Crippen molar-refractivity contribution in [3.63, 3.8) is 0 Å². The molecule has 0 saturated carbocycles. The summed E-state index contributed by atoms with van der Waals surface area (Å²) in [6, 6.07) is 0. The van der Waals surface area contributed by atoms with Gasteiger partial charge in [-0.2, -0.15) is 0 Å². The Morgan fingerprint density at radius 3 is 2.33 bits per heavy atom. The van der Waals surface area contributed by atoms with Crippen LogP contribution in [-0.4, -0.2) is 52.7 Å². The number of aromatic nitrogens is 2. The lowest BCUT2D eigenvalue weighted by molar-refractivity contribution is 0.0240. The molecule has 1 aliphatic heterocycles. The largest absolute Gasteiger partial charge is 0.444 e. The molecule has 1 saturated heterocycles. The van der Waals surface area contributed by atoms with Crippen LogP contribution in [0.4, 0.5) is 10.6 Å². The van der Waals surface area contributed by atoms with E-state index >= 15 is 0 Å². The summed E-state index contributed by atoms with van der Waals surface area (Å²) >= 11 is 0. The van der Waals surface area contributed by atoms with E-state index in [4.69, 9.17) is 4.74 Å². The molecule has 6 nitrogen and oxygen atoms in total. The van der Waals surface area contributed by atoms with Crippen molar-refractivity contribution >= 4 is 11.9 Å². The van der Waals surface area contributed by atoms with E-state index in [-0.39, 0.29) is 6.09 Å². The van der Waals surface area contributed by atoms with Gasteiger partial charge in [0.25, 0.3) is 0 Å². The smallest absolute Gasteiger partial charge is 0.410 e. The summed E-state index contributed by atoms with van der Waals surface area (Å²) in [5.41, 5.74) is 1.65. The summed E-state index contributed by atoms with van der Waals surface area (Å²) in [6.07, 6.45) is 1.36. The number of nitrogens with zero attached hydrogens (tertiary/aromatic N) is 4. The number of amides is 1. The van der Waals surface area contributed by atoms with E-state index in [9.17, 15) is 4.79 Å². The normalized spacial score (nSPS) is 16.0. The molecule has 21 heavy (non-hydrogen) atoms. The fourth-order valence-corrected chi connectivity index (χ4v) is 2.27. The average Bonchev–Trinajstić information content (AvgIpc) is 2.40. The summed E-state index contributed by atoms with van der Waals surface area (Å²) in [7, 11) is 0. The van der Waals surface area contributed by atoms with Gasteiger partial charge in [0, 0.05) is 37.4 Å². The van der Waals surface area contributed by atoms with Crippen LogP contribution in [-0.2, 0) is 4.74 Å². The van der Waals surface area contributed by atoms with Gasteiger partial charge in [-0.3, -0.25) is 0 Å². The standard InChI is InChI=1S/C15H24N4O2/c1-11-12(2)16-10-17-13(11)18-6-8-19(9-7-18)14(20)21-15(3,4)5/h10H,6-9H2,1-5H3. The monoisotopic (exact) mass is 292 g/mol. The minimum Gasteiger partial charge on any atom is -0.444 e. The van der Waals surface area contributed by atoms with Crippen LogP contribution in [0.5, 0.6) is 0 Å². The third-order valence-corrected chi connectivity index (χ3v) is 3.54. The van der Waals surface area contributed by atoms with Crippen LogP contribution in [0.15, 0.2) is 6.33 Å². The van der Waals surface area contributed by atoms with Gasteiger partial charge < -0.3 is 14.5 Å². The minimum atomic E-state index is -0.450. The second kappa shape index (κ2) is 5.87. The minimum absolute atomic E-state index is 0.238. The van der Waals surface area contributed by atoms with Gasteiger partial charge in [-0.1, -0.05) is 0 Å². The van der Waals surface area contributed by atoms with Crippen molar-refractivity contribution in [2.24, 2.45) is 0 Å². The molecule has 1 aromatic heterocycles. The summed E-state index contributed by atoms with van der Waals surface area (Å²) in [5.74, 6) is 0.964. The van der Waals surface area contributed by atoms with Crippen LogP contribution in [0.25, 0.3) is 0 Å². The zero-order chi connectivity index (χ0) is 15.6. The first-order valence-corrected chi connectivity index (χ1v) is 7.29. The number of hydrogen-bond acceptors (Lipinski definition) is 5. The average molecular weight is 292 g/mol. The van der Waals surface area contributed by atoms with Crippen LogP contribution < -0.4 is 4.90 Å². The van der Waals surface area contributed by atoms with E-state index in [0.29, 0.717) is 13.1 Å². The van der Waals surface area contributed by atoms with Crippen molar-refractivity contribution in [3.8, 4) is 0 Å². The maximum Gasteiger partial charge on any atom is 0.410 e. The van der Waals surface area contributed by atoms with Crippen molar-refractivity contribution < 1.29 is 9.53 Å². The van der Waals surface area contributed by atoms with Gasteiger partial charge >= 0.3 is 6.09 Å². The number of hydrogen-bond donors (Lipinski definition) is 0. The van der Waals surface area contributed by atoms with Gasteiger partial charge in [0.05, 0.1) is 0 Å². The van der Waals surface area contributed by atoms with E-state index in [2.05, 4.69) is 14.9 Å². The Labute approximate surface area is 126 Å². The van der Waals surface area contributed by atoms with Crippen molar-refractivity contribution in [3.05, 3.63) is 17.6 Å². The van der Waals surface area contributed by atoms with Gasteiger partial charge in [-0.05, 0) is 34.6 Å². The number of aryl methyl sites for hydroxylation is 1. The van der Waals surface area contributed by atoms with Crippen molar-refractivity contribution in [1.82, 2.24) is 14.9 Å². The summed E-state index contributed by atoms with van der Waals surface area (Å²) < 4.78 is 5.40. The fraction of sp³-hybridized carbons (Fsp3) is 0.667. The van der Waals surface area contributed by atoms with Crippen molar-refractivity contribution in [2.45, 2.75) is 40.2 Å². The van der Waals surface area contributed by atoms with Crippen LogP contribution in [0.2, 0.25) is 0 Å². The molecule has 1 aliphatic rings. The topological polar surface area (TPSA) is 58.6 Å². The van der Waals surface area contributed by atoms with Crippen LogP contribution in [0.1, 0.15) is 32.0 Å². The number of ether oxygens (including phenoxy) is 1. The quantitative estimate of drug-likeness (QED) is 0.794. The lowest BCUT2D eigenvalue weighted by atomic mass is 10.2. The predicted molar refractivity (Wildman–Crippen MR) is 81.5 cm³/mol. The highest BCUT2D eigenvalue weighted by Crippen LogP contribution is 2.20. The molecular formula is C15H24N4O2. The summed E-state index contributed by atoms with van der Waals surface area (Å²) in [6.45, 7) is 12.5. The molecular weight excluding hydrogens is 268 g/mol. The highest BCUT2D eigenvalue weighted by atomic mass is 16.6. The summed E-state index contributed by atoms with van der Waals surface area (Å²) in [4.78, 5) is 24.6. The molecule has 6 heteroatoms. The molecule has 116 valence electrons. The number of carbonyl (C=O) groups is 1. The number of anilines is 1. The van der Waals surface area contributed by atoms with E-state index in [1.54, 1.807) is 11.2 Å². The third-order valence-electron chi connectivity index (χ3n) is 3.54. The molecule has 0 spiro atoms. The van der Waals surface area contributed by atoms with Gasteiger partial charge in [-0.15, -0.1) is 0 Å². The lowest BCUT2D eigenvalue weighted by Gasteiger charge is -2.36. The second-order valence-electron chi connectivity index (χ2n) is 6.36. The number of carbonyl (C=O) groups excluding carboxylic acids is 1. The predicted octanol–water partition coefficient (Wildman–Crippen LogP) is 2.15. The highest BCUT2D eigenvalue weighted by molar-refractivity contribution is 5.68. The molecule has 0 bridgehead atoms.